The first-order valence-corrected chi connectivity index (χ1v) is 10.3. The topological polar surface area (TPSA) is 91.8 Å². The minimum absolute atomic E-state index is 0.179. The highest BCUT2D eigenvalue weighted by atomic mass is 35.5. The SMILES string of the molecule is CCCN(Cc1nc2cc(Cl)ccc2c(=O)[nH]1)C(=O)/C=C/c1cnc2ccccc2n1. The third-order valence-corrected chi connectivity index (χ3v) is 4.96. The Labute approximate surface area is 183 Å². The van der Waals surface area contributed by atoms with E-state index in [4.69, 9.17) is 11.6 Å². The second kappa shape index (κ2) is 9.06. The van der Waals surface area contributed by atoms with E-state index < -0.39 is 0 Å². The van der Waals surface area contributed by atoms with E-state index in [1.165, 1.54) is 6.08 Å². The zero-order chi connectivity index (χ0) is 21.8. The summed E-state index contributed by atoms with van der Waals surface area (Å²) < 4.78 is 0. The molecule has 0 fully saturated rings. The lowest BCUT2D eigenvalue weighted by molar-refractivity contribution is -0.126. The van der Waals surface area contributed by atoms with Crippen molar-refractivity contribution in [1.82, 2.24) is 24.8 Å². The molecule has 4 rings (SSSR count). The Kier molecular flexibility index (Phi) is 6.04. The van der Waals surface area contributed by atoms with Gasteiger partial charge in [-0.25, -0.2) is 9.97 Å². The molecule has 1 N–H and O–H groups in total. The minimum Gasteiger partial charge on any atom is -0.332 e. The highest BCUT2D eigenvalue weighted by Crippen LogP contribution is 2.15. The molecule has 0 spiro atoms. The number of nitrogens with zero attached hydrogens (tertiary/aromatic N) is 4. The van der Waals surface area contributed by atoms with Crippen molar-refractivity contribution in [2.45, 2.75) is 19.9 Å². The molecule has 1 amide bonds. The molecule has 4 aromatic rings. The Bertz CT molecular complexity index is 1350. The molecule has 0 saturated heterocycles. The lowest BCUT2D eigenvalue weighted by Crippen LogP contribution is -2.31. The fourth-order valence-electron chi connectivity index (χ4n) is 3.27. The highest BCUT2D eigenvalue weighted by Gasteiger charge is 2.13. The average Bonchev–Trinajstić information content (AvgIpc) is 2.76. The smallest absolute Gasteiger partial charge is 0.258 e. The van der Waals surface area contributed by atoms with Gasteiger partial charge in [-0.15, -0.1) is 0 Å². The van der Waals surface area contributed by atoms with E-state index in [1.54, 1.807) is 35.4 Å². The zero-order valence-electron chi connectivity index (χ0n) is 16.9. The van der Waals surface area contributed by atoms with Crippen LogP contribution < -0.4 is 5.56 Å². The number of halogens is 1. The van der Waals surface area contributed by atoms with Gasteiger partial charge < -0.3 is 9.88 Å². The van der Waals surface area contributed by atoms with E-state index in [0.717, 1.165) is 17.5 Å². The highest BCUT2D eigenvalue weighted by molar-refractivity contribution is 6.31. The molecule has 2 heterocycles. The second-order valence-electron chi connectivity index (χ2n) is 7.05. The molecule has 0 unspecified atom stereocenters. The van der Waals surface area contributed by atoms with E-state index in [0.29, 0.717) is 34.0 Å². The van der Waals surface area contributed by atoms with Crippen LogP contribution in [0.4, 0.5) is 0 Å². The molecule has 156 valence electrons. The Morgan fingerprint density at radius 3 is 2.74 bits per heavy atom. The quantitative estimate of drug-likeness (QED) is 0.464. The number of nitrogens with one attached hydrogen (secondary N) is 1. The van der Waals surface area contributed by atoms with Gasteiger partial charge in [-0.1, -0.05) is 30.7 Å². The number of para-hydroxylation sites is 2. The van der Waals surface area contributed by atoms with Crippen molar-refractivity contribution in [3.8, 4) is 0 Å². The number of carbonyl (C=O) groups is 1. The number of aromatic nitrogens is 4. The van der Waals surface area contributed by atoms with E-state index in [2.05, 4.69) is 19.9 Å². The van der Waals surface area contributed by atoms with Crippen molar-refractivity contribution in [3.05, 3.63) is 81.6 Å². The summed E-state index contributed by atoms with van der Waals surface area (Å²) in [4.78, 5) is 42.9. The molecule has 0 saturated carbocycles. The van der Waals surface area contributed by atoms with Crippen molar-refractivity contribution in [2.24, 2.45) is 0 Å². The van der Waals surface area contributed by atoms with E-state index in [1.807, 2.05) is 31.2 Å². The van der Waals surface area contributed by atoms with Crippen molar-refractivity contribution in [1.29, 1.82) is 0 Å². The molecule has 0 bridgehead atoms. The molecular formula is C23H20ClN5O2. The van der Waals surface area contributed by atoms with E-state index >= 15 is 0 Å². The van der Waals surface area contributed by atoms with E-state index in [-0.39, 0.29) is 18.0 Å². The van der Waals surface area contributed by atoms with Gasteiger partial charge in [-0.05, 0) is 42.8 Å². The molecule has 0 aliphatic heterocycles. The number of rotatable bonds is 6. The molecule has 2 aromatic carbocycles. The third kappa shape index (κ3) is 4.78. The summed E-state index contributed by atoms with van der Waals surface area (Å²) in [5, 5.41) is 0.953. The fraction of sp³-hybridized carbons (Fsp3) is 0.174. The van der Waals surface area contributed by atoms with Crippen LogP contribution in [0.3, 0.4) is 0 Å². The normalized spacial score (nSPS) is 11.4. The summed E-state index contributed by atoms with van der Waals surface area (Å²) in [6, 6.07) is 12.5. The lowest BCUT2D eigenvalue weighted by Gasteiger charge is -2.20. The number of carbonyl (C=O) groups excluding carboxylic acids is 1. The maximum atomic E-state index is 12.8. The molecule has 7 nitrogen and oxygen atoms in total. The molecule has 0 atom stereocenters. The van der Waals surface area contributed by atoms with Crippen LogP contribution in [-0.4, -0.2) is 37.3 Å². The predicted molar refractivity (Wildman–Crippen MR) is 122 cm³/mol. The van der Waals surface area contributed by atoms with Gasteiger partial charge in [0.15, 0.2) is 0 Å². The molecule has 0 radical (unpaired) electrons. The van der Waals surface area contributed by atoms with Crippen molar-refractivity contribution in [3.63, 3.8) is 0 Å². The fourth-order valence-corrected chi connectivity index (χ4v) is 3.43. The Hall–Kier alpha value is -3.58. The maximum Gasteiger partial charge on any atom is 0.258 e. The molecule has 0 aliphatic carbocycles. The number of amides is 1. The predicted octanol–water partition coefficient (Wildman–Crippen LogP) is 3.97. The molecule has 2 aromatic heterocycles. The molecule has 0 aliphatic rings. The largest absolute Gasteiger partial charge is 0.332 e. The first-order chi connectivity index (χ1) is 15.0. The van der Waals surface area contributed by atoms with Gasteiger partial charge in [-0.3, -0.25) is 14.6 Å². The average molecular weight is 434 g/mol. The van der Waals surface area contributed by atoms with Crippen molar-refractivity contribution >= 4 is 45.5 Å². The van der Waals surface area contributed by atoms with Crippen LogP contribution in [0.2, 0.25) is 5.02 Å². The van der Waals surface area contributed by atoms with Crippen LogP contribution in [-0.2, 0) is 11.3 Å². The summed E-state index contributed by atoms with van der Waals surface area (Å²) in [6.45, 7) is 2.68. The van der Waals surface area contributed by atoms with Gasteiger partial charge in [0.05, 0.1) is 40.4 Å². The number of H-pyrrole nitrogens is 1. The van der Waals surface area contributed by atoms with Crippen molar-refractivity contribution in [2.75, 3.05) is 6.54 Å². The second-order valence-corrected chi connectivity index (χ2v) is 7.49. The Balaban J connectivity index is 1.56. The third-order valence-electron chi connectivity index (χ3n) is 4.73. The van der Waals surface area contributed by atoms with Crippen LogP contribution in [0, 0.1) is 0 Å². The Morgan fingerprint density at radius 2 is 1.94 bits per heavy atom. The number of benzene rings is 2. The van der Waals surface area contributed by atoms with Crippen molar-refractivity contribution < 1.29 is 4.79 Å². The van der Waals surface area contributed by atoms with Gasteiger partial charge in [0.2, 0.25) is 5.91 Å². The number of hydrogen-bond acceptors (Lipinski definition) is 5. The summed E-state index contributed by atoms with van der Waals surface area (Å²) in [5.41, 5.74) is 2.39. The molecule has 8 heteroatoms. The summed E-state index contributed by atoms with van der Waals surface area (Å²) in [6.07, 6.45) is 5.49. The van der Waals surface area contributed by atoms with Crippen LogP contribution in [0.1, 0.15) is 24.9 Å². The number of fused-ring (bicyclic) bond motifs is 2. The molecule has 31 heavy (non-hydrogen) atoms. The van der Waals surface area contributed by atoms with E-state index in [9.17, 15) is 9.59 Å². The lowest BCUT2D eigenvalue weighted by atomic mass is 10.2. The van der Waals surface area contributed by atoms with Gasteiger partial charge >= 0.3 is 0 Å². The summed E-state index contributed by atoms with van der Waals surface area (Å²) in [7, 11) is 0. The number of hydrogen-bond donors (Lipinski definition) is 1. The Morgan fingerprint density at radius 1 is 1.13 bits per heavy atom. The van der Waals surface area contributed by atoms with Gasteiger partial charge in [-0.2, -0.15) is 0 Å². The van der Waals surface area contributed by atoms with Crippen LogP contribution in [0.25, 0.3) is 28.0 Å². The van der Waals surface area contributed by atoms with Gasteiger partial charge in [0.1, 0.15) is 5.82 Å². The van der Waals surface area contributed by atoms with Gasteiger partial charge in [0.25, 0.3) is 5.56 Å². The standard InChI is InChI=1S/C23H20ClN5O2/c1-2-11-29(14-21-27-20-12-15(24)7-9-17(20)23(31)28-21)22(30)10-8-16-13-25-18-5-3-4-6-19(18)26-16/h3-10,12-13H,2,11,14H2,1H3,(H,27,28,31)/b10-8+. The summed E-state index contributed by atoms with van der Waals surface area (Å²) in [5.74, 6) is 0.200. The first kappa shape index (κ1) is 20.7. The van der Waals surface area contributed by atoms with Gasteiger partial charge in [0, 0.05) is 17.6 Å². The van der Waals surface area contributed by atoms with Crippen LogP contribution >= 0.6 is 11.6 Å². The first-order valence-electron chi connectivity index (χ1n) is 9.90. The monoisotopic (exact) mass is 433 g/mol. The maximum absolute atomic E-state index is 12.8. The minimum atomic E-state index is -0.262. The van der Waals surface area contributed by atoms with Crippen LogP contribution in [0.15, 0.2) is 59.5 Å². The zero-order valence-corrected chi connectivity index (χ0v) is 17.6. The summed E-state index contributed by atoms with van der Waals surface area (Å²) >= 11 is 6.03. The number of aromatic amines is 1. The van der Waals surface area contributed by atoms with Crippen LogP contribution in [0.5, 0.6) is 0 Å². The molecular weight excluding hydrogens is 414 g/mol.